The van der Waals surface area contributed by atoms with Gasteiger partial charge in [0.25, 0.3) is 5.91 Å². The molecule has 1 saturated carbocycles. The lowest BCUT2D eigenvalue weighted by atomic mass is 9.81. The molecule has 0 atom stereocenters. The van der Waals surface area contributed by atoms with Gasteiger partial charge in [-0.15, -0.1) is 11.3 Å². The summed E-state index contributed by atoms with van der Waals surface area (Å²) in [5.41, 5.74) is 2.44. The molecule has 1 aromatic heterocycles. The van der Waals surface area contributed by atoms with Crippen molar-refractivity contribution in [3.8, 4) is 0 Å². The Kier molecular flexibility index (Phi) is 6.93. The Morgan fingerprint density at radius 3 is 2.54 bits per heavy atom. The minimum absolute atomic E-state index is 0.120. The monoisotopic (exact) mass is 498 g/mol. The number of benzene rings is 1. The van der Waals surface area contributed by atoms with Gasteiger partial charge >= 0.3 is 12.0 Å². The molecule has 1 aromatic carbocycles. The molecule has 2 aliphatic rings. The molecule has 35 heavy (non-hydrogen) atoms. The smallest absolute Gasteiger partial charge is 0.327 e. The number of aryl methyl sites for hydroxylation is 2. The molecule has 4 amide bonds. The number of hydrogen-bond acceptors (Lipinski definition) is 7. The lowest BCUT2D eigenvalue weighted by molar-refractivity contribution is -0.149. The summed E-state index contributed by atoms with van der Waals surface area (Å²) in [5.74, 6) is -1.18. The lowest BCUT2D eigenvalue weighted by Crippen LogP contribution is -2.49. The number of carbonyl (C=O) groups is 4. The van der Waals surface area contributed by atoms with Crippen molar-refractivity contribution in [1.29, 1.82) is 0 Å². The third kappa shape index (κ3) is 4.67. The number of hydrogen-bond donors (Lipinski definition) is 0. The van der Waals surface area contributed by atoms with Gasteiger partial charge in [-0.05, 0) is 38.3 Å². The maximum atomic E-state index is 13.0. The average Bonchev–Trinajstić information content (AvgIpc) is 3.35. The molecule has 2 aromatic rings. The van der Waals surface area contributed by atoms with E-state index in [0.29, 0.717) is 23.7 Å². The molecule has 0 radical (unpaired) electrons. The zero-order valence-electron chi connectivity index (χ0n) is 20.5. The lowest BCUT2D eigenvalue weighted by Gasteiger charge is -2.35. The number of amides is 4. The molecular weight excluding hydrogens is 468 g/mol. The molecule has 186 valence electrons. The number of urea groups is 1. The van der Waals surface area contributed by atoms with Crippen LogP contribution in [0.1, 0.15) is 55.8 Å². The molecule has 10 heteroatoms. The summed E-state index contributed by atoms with van der Waals surface area (Å²) in [5, 5.41) is 2.19. The first-order valence-electron chi connectivity index (χ1n) is 11.7. The van der Waals surface area contributed by atoms with Crippen LogP contribution in [-0.2, 0) is 25.7 Å². The second kappa shape index (κ2) is 9.77. The van der Waals surface area contributed by atoms with Gasteiger partial charge in [0.1, 0.15) is 18.7 Å². The first-order chi connectivity index (χ1) is 16.6. The molecule has 4 rings (SSSR count). The van der Waals surface area contributed by atoms with E-state index in [0.717, 1.165) is 41.0 Å². The van der Waals surface area contributed by atoms with Gasteiger partial charge in [0.15, 0.2) is 5.13 Å². The van der Waals surface area contributed by atoms with Crippen LogP contribution in [0.2, 0.25) is 0 Å². The van der Waals surface area contributed by atoms with Crippen LogP contribution in [0.4, 0.5) is 15.6 Å². The molecule has 1 spiro atoms. The predicted octanol–water partition coefficient (Wildman–Crippen LogP) is 4.08. The summed E-state index contributed by atoms with van der Waals surface area (Å²) in [7, 11) is 1.63. The summed E-state index contributed by atoms with van der Waals surface area (Å²) in [4.78, 5) is 59.2. The Bertz CT molecular complexity index is 1170. The van der Waals surface area contributed by atoms with Crippen LogP contribution in [0.3, 0.4) is 0 Å². The topological polar surface area (TPSA) is 100 Å². The zero-order valence-corrected chi connectivity index (χ0v) is 21.3. The van der Waals surface area contributed by atoms with Crippen molar-refractivity contribution in [2.24, 2.45) is 0 Å². The van der Waals surface area contributed by atoms with Gasteiger partial charge in [-0.3, -0.25) is 24.2 Å². The normalized spacial score (nSPS) is 17.3. The average molecular weight is 499 g/mol. The second-order valence-corrected chi connectivity index (χ2v) is 10.1. The van der Waals surface area contributed by atoms with Crippen LogP contribution in [0, 0.1) is 13.8 Å². The molecule has 9 nitrogen and oxygen atoms in total. The van der Waals surface area contributed by atoms with E-state index in [9.17, 15) is 19.2 Å². The standard InChI is InChI=1S/C25H30N4O5S/c1-16-8-9-20(17(2)12-16)29(18(3)30)23-26-19(15-35-23)14-34-21(31)13-28-22(32)25(27(4)24(28)33)10-6-5-7-11-25/h8-9,12,15H,5-7,10-11,13-14H2,1-4H3. The summed E-state index contributed by atoms with van der Waals surface area (Å²) in [6.45, 7) is 4.85. The Balaban J connectivity index is 1.40. The van der Waals surface area contributed by atoms with Crippen molar-refractivity contribution in [2.45, 2.75) is 65.0 Å². The van der Waals surface area contributed by atoms with Crippen LogP contribution in [0.15, 0.2) is 23.6 Å². The van der Waals surface area contributed by atoms with E-state index in [1.54, 1.807) is 12.4 Å². The highest BCUT2D eigenvalue weighted by molar-refractivity contribution is 7.14. The van der Waals surface area contributed by atoms with E-state index >= 15 is 0 Å². The van der Waals surface area contributed by atoms with E-state index in [4.69, 9.17) is 4.74 Å². The number of ether oxygens (including phenoxy) is 1. The predicted molar refractivity (Wildman–Crippen MR) is 131 cm³/mol. The fourth-order valence-electron chi connectivity index (χ4n) is 4.93. The number of rotatable bonds is 6. The van der Waals surface area contributed by atoms with Gasteiger partial charge in [-0.2, -0.15) is 0 Å². The van der Waals surface area contributed by atoms with Gasteiger partial charge < -0.3 is 9.64 Å². The van der Waals surface area contributed by atoms with Crippen LogP contribution in [0.5, 0.6) is 0 Å². The van der Waals surface area contributed by atoms with E-state index in [1.165, 1.54) is 28.1 Å². The highest BCUT2D eigenvalue weighted by Crippen LogP contribution is 2.39. The maximum Gasteiger partial charge on any atom is 0.327 e. The first kappa shape index (κ1) is 24.8. The SMILES string of the molecule is CC(=O)N(c1nc(COC(=O)CN2C(=O)N(C)C3(CCCCC3)C2=O)cs1)c1ccc(C)cc1C. The fourth-order valence-corrected chi connectivity index (χ4v) is 5.79. The molecule has 0 bridgehead atoms. The number of carbonyl (C=O) groups excluding carboxylic acids is 4. The Morgan fingerprint density at radius 1 is 1.17 bits per heavy atom. The molecule has 1 saturated heterocycles. The summed E-state index contributed by atoms with van der Waals surface area (Å²) >= 11 is 1.27. The maximum absolute atomic E-state index is 13.0. The molecule has 2 fully saturated rings. The summed E-state index contributed by atoms with van der Waals surface area (Å²) < 4.78 is 5.33. The van der Waals surface area contributed by atoms with E-state index in [1.807, 2.05) is 32.0 Å². The van der Waals surface area contributed by atoms with Gasteiger partial charge in [-0.1, -0.05) is 37.0 Å². The Labute approximate surface area is 208 Å². The highest BCUT2D eigenvalue weighted by Gasteiger charge is 2.55. The fraction of sp³-hybridized carbons (Fsp3) is 0.480. The van der Waals surface area contributed by atoms with E-state index in [2.05, 4.69) is 4.98 Å². The minimum atomic E-state index is -0.830. The van der Waals surface area contributed by atoms with Crippen LogP contribution >= 0.6 is 11.3 Å². The minimum Gasteiger partial charge on any atom is -0.458 e. The number of imide groups is 1. The van der Waals surface area contributed by atoms with E-state index in [-0.39, 0.29) is 18.4 Å². The summed E-state index contributed by atoms with van der Waals surface area (Å²) in [6, 6.07) is 5.35. The van der Waals surface area contributed by atoms with Gasteiger partial charge in [0.05, 0.1) is 11.4 Å². The molecule has 1 aliphatic heterocycles. The van der Waals surface area contributed by atoms with Crippen molar-refractivity contribution in [1.82, 2.24) is 14.8 Å². The quantitative estimate of drug-likeness (QED) is 0.439. The number of esters is 1. The number of anilines is 2. The Hall–Kier alpha value is -3.27. The van der Waals surface area contributed by atoms with Crippen LogP contribution < -0.4 is 4.90 Å². The third-order valence-electron chi connectivity index (χ3n) is 6.79. The van der Waals surface area contributed by atoms with E-state index < -0.39 is 24.1 Å². The molecule has 1 aliphatic carbocycles. The largest absolute Gasteiger partial charge is 0.458 e. The van der Waals surface area contributed by atoms with Crippen molar-refractivity contribution in [3.05, 3.63) is 40.4 Å². The summed E-state index contributed by atoms with van der Waals surface area (Å²) in [6.07, 6.45) is 4.04. The zero-order chi connectivity index (χ0) is 25.3. The van der Waals surface area contributed by atoms with Crippen molar-refractivity contribution >= 4 is 46.0 Å². The number of aromatic nitrogens is 1. The number of thiazole rings is 1. The Morgan fingerprint density at radius 2 is 1.89 bits per heavy atom. The number of nitrogens with zero attached hydrogens (tertiary/aromatic N) is 4. The molecule has 2 heterocycles. The van der Waals surface area contributed by atoms with Crippen LogP contribution in [-0.4, -0.2) is 57.7 Å². The van der Waals surface area contributed by atoms with Gasteiger partial charge in [0, 0.05) is 19.4 Å². The molecule has 0 unspecified atom stereocenters. The van der Waals surface area contributed by atoms with Gasteiger partial charge in [0.2, 0.25) is 5.91 Å². The molecule has 0 N–H and O–H groups in total. The second-order valence-electron chi connectivity index (χ2n) is 9.25. The van der Waals surface area contributed by atoms with Crippen molar-refractivity contribution in [2.75, 3.05) is 18.5 Å². The third-order valence-corrected chi connectivity index (χ3v) is 7.67. The molecular formula is C25H30N4O5S. The van der Waals surface area contributed by atoms with Crippen LogP contribution in [0.25, 0.3) is 0 Å². The van der Waals surface area contributed by atoms with Crippen molar-refractivity contribution in [3.63, 3.8) is 0 Å². The number of likely N-dealkylation sites (N-methyl/N-ethyl adjacent to an activating group) is 1. The van der Waals surface area contributed by atoms with Crippen molar-refractivity contribution < 1.29 is 23.9 Å². The van der Waals surface area contributed by atoms with Gasteiger partial charge in [-0.25, -0.2) is 9.78 Å². The highest BCUT2D eigenvalue weighted by atomic mass is 32.1. The first-order valence-corrected chi connectivity index (χ1v) is 12.6.